The molecular formula is C16H24ClN3O. The zero-order chi connectivity index (χ0) is 15.4. The maximum atomic E-state index is 11.2. The highest BCUT2D eigenvalue weighted by Gasteiger charge is 2.21. The molecule has 116 valence electrons. The molecule has 1 saturated heterocycles. The van der Waals surface area contributed by atoms with E-state index in [0.29, 0.717) is 22.5 Å². The van der Waals surface area contributed by atoms with Crippen LogP contribution in [0.15, 0.2) is 18.2 Å². The number of nitrogens with two attached hydrogens (primary N) is 1. The van der Waals surface area contributed by atoms with Crippen molar-refractivity contribution in [2.24, 2.45) is 11.7 Å². The molecule has 0 bridgehead atoms. The van der Waals surface area contributed by atoms with Gasteiger partial charge in [-0.15, -0.1) is 0 Å². The highest BCUT2D eigenvalue weighted by atomic mass is 35.5. The second kappa shape index (κ2) is 7.14. The molecule has 5 heteroatoms. The summed E-state index contributed by atoms with van der Waals surface area (Å²) in [5.74, 6) is 0.184. The average Bonchev–Trinajstić information content (AvgIpc) is 2.46. The predicted octanol–water partition coefficient (Wildman–Crippen LogP) is 2.65. The minimum atomic E-state index is -0.448. The molecule has 1 aromatic carbocycles. The minimum absolute atomic E-state index is 0.351. The topological polar surface area (TPSA) is 58.4 Å². The Bertz CT molecular complexity index is 498. The first-order chi connectivity index (χ1) is 9.99. The Morgan fingerprint density at radius 3 is 2.81 bits per heavy atom. The molecule has 1 amide bonds. The number of anilines is 1. The van der Waals surface area contributed by atoms with Gasteiger partial charge in [-0.1, -0.05) is 11.6 Å². The summed E-state index contributed by atoms with van der Waals surface area (Å²) in [6, 6.07) is 5.66. The first kappa shape index (κ1) is 16.1. The Balaban J connectivity index is 2.19. The molecule has 1 fully saturated rings. The summed E-state index contributed by atoms with van der Waals surface area (Å²) in [5.41, 5.74) is 6.72. The maximum Gasteiger partial charge on any atom is 0.248 e. The zero-order valence-corrected chi connectivity index (χ0v) is 13.5. The molecule has 1 atom stereocenters. The molecule has 0 radical (unpaired) electrons. The van der Waals surface area contributed by atoms with Crippen LogP contribution in [0, 0.1) is 5.92 Å². The van der Waals surface area contributed by atoms with Crippen LogP contribution in [0.2, 0.25) is 5.02 Å². The summed E-state index contributed by atoms with van der Waals surface area (Å²) in [5, 5.41) is 4.04. The summed E-state index contributed by atoms with van der Waals surface area (Å²) in [6.07, 6.45) is 2.47. The van der Waals surface area contributed by atoms with Crippen LogP contribution in [-0.4, -0.2) is 31.6 Å². The maximum absolute atomic E-state index is 11.2. The molecule has 0 aliphatic carbocycles. The molecule has 1 unspecified atom stereocenters. The predicted molar refractivity (Wildman–Crippen MR) is 88.0 cm³/mol. The molecule has 3 N–H and O–H groups in total. The van der Waals surface area contributed by atoms with Crippen LogP contribution in [0.4, 0.5) is 5.69 Å². The van der Waals surface area contributed by atoms with Gasteiger partial charge < -0.3 is 16.0 Å². The molecule has 1 aliphatic rings. The summed E-state index contributed by atoms with van der Waals surface area (Å²) in [7, 11) is 0. The van der Waals surface area contributed by atoms with Crippen molar-refractivity contribution in [1.29, 1.82) is 0 Å². The Labute approximate surface area is 131 Å². The van der Waals surface area contributed by atoms with Gasteiger partial charge in [-0.3, -0.25) is 4.79 Å². The molecule has 0 spiro atoms. The van der Waals surface area contributed by atoms with Crippen LogP contribution >= 0.6 is 11.6 Å². The van der Waals surface area contributed by atoms with E-state index in [-0.39, 0.29) is 0 Å². The van der Waals surface area contributed by atoms with E-state index in [2.05, 4.69) is 24.1 Å². The van der Waals surface area contributed by atoms with Crippen molar-refractivity contribution in [3.8, 4) is 0 Å². The Morgan fingerprint density at radius 2 is 2.29 bits per heavy atom. The minimum Gasteiger partial charge on any atom is -0.368 e. The largest absolute Gasteiger partial charge is 0.368 e. The van der Waals surface area contributed by atoms with Crippen molar-refractivity contribution in [3.63, 3.8) is 0 Å². The molecule has 2 rings (SSSR count). The van der Waals surface area contributed by atoms with Crippen LogP contribution in [-0.2, 0) is 0 Å². The Morgan fingerprint density at radius 1 is 1.52 bits per heavy atom. The molecule has 4 nitrogen and oxygen atoms in total. The average molecular weight is 310 g/mol. The van der Waals surface area contributed by atoms with Gasteiger partial charge in [-0.2, -0.15) is 0 Å². The van der Waals surface area contributed by atoms with Gasteiger partial charge in [0.2, 0.25) is 5.91 Å². The monoisotopic (exact) mass is 309 g/mol. The summed E-state index contributed by atoms with van der Waals surface area (Å²) in [4.78, 5) is 13.5. The van der Waals surface area contributed by atoms with Crippen molar-refractivity contribution in [3.05, 3.63) is 28.8 Å². The number of nitrogens with one attached hydrogen (secondary N) is 1. The van der Waals surface area contributed by atoms with Crippen LogP contribution in [0.25, 0.3) is 0 Å². The SMILES string of the molecule is CC(C)N(CC1CCCNC1)c1ccc(C(N)=O)cc1Cl. The number of amides is 1. The first-order valence-corrected chi connectivity index (χ1v) is 7.93. The second-order valence-corrected chi connectivity index (χ2v) is 6.40. The highest BCUT2D eigenvalue weighted by Crippen LogP contribution is 2.30. The lowest BCUT2D eigenvalue weighted by molar-refractivity contribution is 0.100. The van der Waals surface area contributed by atoms with E-state index in [1.54, 1.807) is 12.1 Å². The van der Waals surface area contributed by atoms with E-state index in [1.807, 2.05) is 6.07 Å². The normalized spacial score (nSPS) is 18.8. The van der Waals surface area contributed by atoms with Gasteiger partial charge in [0, 0.05) is 18.2 Å². The fourth-order valence-corrected chi connectivity index (χ4v) is 3.13. The molecule has 0 aromatic heterocycles. The van der Waals surface area contributed by atoms with E-state index in [1.165, 1.54) is 12.8 Å². The van der Waals surface area contributed by atoms with Gasteiger partial charge in [0.1, 0.15) is 0 Å². The number of hydrogen-bond donors (Lipinski definition) is 2. The van der Waals surface area contributed by atoms with Gasteiger partial charge in [0.25, 0.3) is 0 Å². The summed E-state index contributed by atoms with van der Waals surface area (Å²) in [6.45, 7) is 7.47. The van der Waals surface area contributed by atoms with Crippen molar-refractivity contribution in [2.75, 3.05) is 24.5 Å². The van der Waals surface area contributed by atoms with Gasteiger partial charge in [-0.05, 0) is 63.9 Å². The number of hydrogen-bond acceptors (Lipinski definition) is 3. The van der Waals surface area contributed by atoms with E-state index < -0.39 is 5.91 Å². The third-order valence-corrected chi connectivity index (χ3v) is 4.32. The van der Waals surface area contributed by atoms with Gasteiger partial charge in [-0.25, -0.2) is 0 Å². The van der Waals surface area contributed by atoms with Crippen molar-refractivity contribution >= 4 is 23.2 Å². The summed E-state index contributed by atoms with van der Waals surface area (Å²) >= 11 is 6.36. The number of halogens is 1. The molecule has 0 saturated carbocycles. The molecular weight excluding hydrogens is 286 g/mol. The number of nitrogens with zero attached hydrogens (tertiary/aromatic N) is 1. The number of carbonyl (C=O) groups excluding carboxylic acids is 1. The lowest BCUT2D eigenvalue weighted by Gasteiger charge is -2.35. The van der Waals surface area contributed by atoms with E-state index >= 15 is 0 Å². The quantitative estimate of drug-likeness (QED) is 0.879. The van der Waals surface area contributed by atoms with Crippen LogP contribution in [0.5, 0.6) is 0 Å². The number of carbonyl (C=O) groups is 1. The Kier molecular flexibility index (Phi) is 5.48. The standard InChI is InChI=1S/C16H24ClN3O/c1-11(2)20(10-12-4-3-7-19-9-12)15-6-5-13(16(18)21)8-14(15)17/h5-6,8,11-12,19H,3-4,7,9-10H2,1-2H3,(H2,18,21). The third-order valence-electron chi connectivity index (χ3n) is 4.02. The third kappa shape index (κ3) is 4.11. The van der Waals surface area contributed by atoms with E-state index in [0.717, 1.165) is 25.3 Å². The van der Waals surface area contributed by atoms with Gasteiger partial charge in [0.15, 0.2) is 0 Å². The number of rotatable bonds is 5. The fourth-order valence-electron chi connectivity index (χ4n) is 2.84. The van der Waals surface area contributed by atoms with Crippen LogP contribution in [0.3, 0.4) is 0 Å². The first-order valence-electron chi connectivity index (χ1n) is 7.55. The van der Waals surface area contributed by atoms with Crippen molar-refractivity contribution in [2.45, 2.75) is 32.7 Å². The molecule has 1 aliphatic heterocycles. The van der Waals surface area contributed by atoms with Gasteiger partial charge in [0.05, 0.1) is 10.7 Å². The highest BCUT2D eigenvalue weighted by molar-refractivity contribution is 6.33. The van der Waals surface area contributed by atoms with Gasteiger partial charge >= 0.3 is 0 Å². The Hall–Kier alpha value is -1.26. The number of piperidine rings is 1. The fraction of sp³-hybridized carbons (Fsp3) is 0.562. The van der Waals surface area contributed by atoms with E-state index in [4.69, 9.17) is 17.3 Å². The smallest absolute Gasteiger partial charge is 0.248 e. The van der Waals surface area contributed by atoms with E-state index in [9.17, 15) is 4.79 Å². The lowest BCUT2D eigenvalue weighted by atomic mass is 9.98. The van der Waals surface area contributed by atoms with Crippen molar-refractivity contribution < 1.29 is 4.79 Å². The molecule has 1 heterocycles. The lowest BCUT2D eigenvalue weighted by Crippen LogP contribution is -2.41. The second-order valence-electron chi connectivity index (χ2n) is 5.99. The number of primary amides is 1. The van der Waals surface area contributed by atoms with Crippen LogP contribution < -0.4 is 16.0 Å². The van der Waals surface area contributed by atoms with Crippen molar-refractivity contribution in [1.82, 2.24) is 5.32 Å². The van der Waals surface area contributed by atoms with Crippen LogP contribution in [0.1, 0.15) is 37.0 Å². The molecule has 21 heavy (non-hydrogen) atoms. The molecule has 1 aromatic rings. The zero-order valence-electron chi connectivity index (χ0n) is 12.7. The number of benzene rings is 1. The summed E-state index contributed by atoms with van der Waals surface area (Å²) < 4.78 is 0.